The molecule has 0 aliphatic heterocycles. The van der Waals surface area contributed by atoms with Crippen LogP contribution in [0, 0.1) is 5.82 Å². The molecule has 1 unspecified atom stereocenters. The molecule has 2 aromatic rings. The number of nitrogens with two attached hydrogens (primary N) is 1. The summed E-state index contributed by atoms with van der Waals surface area (Å²) in [5, 5.41) is 0.131. The molecule has 0 bridgehead atoms. The van der Waals surface area contributed by atoms with Gasteiger partial charge in [-0.25, -0.2) is 4.39 Å². The van der Waals surface area contributed by atoms with Crippen LogP contribution in [0.3, 0.4) is 0 Å². The van der Waals surface area contributed by atoms with Crippen LogP contribution < -0.4 is 5.73 Å². The van der Waals surface area contributed by atoms with Crippen molar-refractivity contribution in [1.29, 1.82) is 0 Å². The van der Waals surface area contributed by atoms with Gasteiger partial charge in [0, 0.05) is 6.04 Å². The van der Waals surface area contributed by atoms with Gasteiger partial charge in [0.05, 0.1) is 5.02 Å². The molecule has 2 aromatic carbocycles. The van der Waals surface area contributed by atoms with Gasteiger partial charge in [0.25, 0.3) is 0 Å². The van der Waals surface area contributed by atoms with Crippen molar-refractivity contribution in [2.24, 2.45) is 5.73 Å². The molecule has 0 spiro atoms. The summed E-state index contributed by atoms with van der Waals surface area (Å²) in [5.41, 5.74) is 11.2. The van der Waals surface area contributed by atoms with Gasteiger partial charge in [0.1, 0.15) is 5.82 Å². The summed E-state index contributed by atoms with van der Waals surface area (Å²) in [4.78, 5) is 0. The lowest BCUT2D eigenvalue weighted by Crippen LogP contribution is -2.13. The van der Waals surface area contributed by atoms with Crippen LogP contribution in [0.25, 0.3) is 0 Å². The van der Waals surface area contributed by atoms with Crippen LogP contribution in [0.15, 0.2) is 36.4 Å². The first-order valence-corrected chi connectivity index (χ1v) is 7.32. The maximum atomic E-state index is 13.2. The van der Waals surface area contributed by atoms with Crippen LogP contribution in [0.5, 0.6) is 0 Å². The van der Waals surface area contributed by atoms with E-state index in [1.165, 1.54) is 42.0 Å². The van der Waals surface area contributed by atoms with Crippen molar-refractivity contribution in [2.45, 2.75) is 31.7 Å². The van der Waals surface area contributed by atoms with Crippen molar-refractivity contribution in [3.8, 4) is 0 Å². The summed E-state index contributed by atoms with van der Waals surface area (Å²) < 4.78 is 13.2. The lowest BCUT2D eigenvalue weighted by atomic mass is 9.97. The number of halogens is 2. The largest absolute Gasteiger partial charge is 0.324 e. The van der Waals surface area contributed by atoms with Crippen LogP contribution in [-0.2, 0) is 19.3 Å². The zero-order valence-electron chi connectivity index (χ0n) is 11.2. The fourth-order valence-electron chi connectivity index (χ4n) is 2.87. The van der Waals surface area contributed by atoms with E-state index in [1.807, 2.05) is 0 Å². The van der Waals surface area contributed by atoms with Gasteiger partial charge in [-0.2, -0.15) is 0 Å². The first kappa shape index (κ1) is 13.6. The molecule has 1 aliphatic rings. The van der Waals surface area contributed by atoms with E-state index in [1.54, 1.807) is 12.1 Å². The molecule has 3 heteroatoms. The van der Waals surface area contributed by atoms with Gasteiger partial charge in [0.15, 0.2) is 0 Å². The van der Waals surface area contributed by atoms with Crippen LogP contribution >= 0.6 is 11.6 Å². The predicted molar refractivity (Wildman–Crippen MR) is 80.5 cm³/mol. The summed E-state index contributed by atoms with van der Waals surface area (Å²) in [5.74, 6) is -0.403. The third kappa shape index (κ3) is 2.72. The first-order valence-electron chi connectivity index (χ1n) is 6.94. The zero-order chi connectivity index (χ0) is 14.1. The zero-order valence-corrected chi connectivity index (χ0v) is 12.0. The monoisotopic (exact) mass is 289 g/mol. The third-order valence-electron chi connectivity index (χ3n) is 3.99. The molecule has 2 N–H and O–H groups in total. The first-order chi connectivity index (χ1) is 9.63. The second-order valence-electron chi connectivity index (χ2n) is 5.44. The molecule has 1 atom stereocenters. The number of hydrogen-bond donors (Lipinski definition) is 1. The topological polar surface area (TPSA) is 26.0 Å². The Morgan fingerprint density at radius 1 is 1.10 bits per heavy atom. The second-order valence-corrected chi connectivity index (χ2v) is 5.85. The molecule has 1 nitrogen and oxygen atoms in total. The number of benzene rings is 2. The standard InChI is InChI=1S/C17H17ClFN/c18-15-10-14(6-7-16(15)19)17(20)9-11-4-5-12-2-1-3-13(12)8-11/h4-8,10,17H,1-3,9,20H2. The molecule has 3 rings (SSSR count). The quantitative estimate of drug-likeness (QED) is 0.900. The highest BCUT2D eigenvalue weighted by atomic mass is 35.5. The molecule has 20 heavy (non-hydrogen) atoms. The summed E-state index contributed by atoms with van der Waals surface area (Å²) in [6.45, 7) is 0. The Hall–Kier alpha value is -1.38. The van der Waals surface area contributed by atoms with Gasteiger partial charge in [-0.05, 0) is 60.1 Å². The molecule has 0 saturated carbocycles. The molecule has 0 aromatic heterocycles. The summed E-state index contributed by atoms with van der Waals surface area (Å²) in [6, 6.07) is 11.2. The van der Waals surface area contributed by atoms with Crippen molar-refractivity contribution in [3.05, 3.63) is 69.5 Å². The smallest absolute Gasteiger partial charge is 0.141 e. The van der Waals surface area contributed by atoms with E-state index in [-0.39, 0.29) is 11.1 Å². The Morgan fingerprint density at radius 2 is 1.90 bits per heavy atom. The summed E-state index contributed by atoms with van der Waals surface area (Å²) in [6.07, 6.45) is 4.35. The number of rotatable bonds is 3. The van der Waals surface area contributed by atoms with Gasteiger partial charge in [-0.3, -0.25) is 0 Å². The van der Waals surface area contributed by atoms with Crippen LogP contribution in [-0.4, -0.2) is 0 Å². The average Bonchev–Trinajstić information content (AvgIpc) is 2.89. The van der Waals surface area contributed by atoms with E-state index >= 15 is 0 Å². The molecular formula is C17H17ClFN. The number of aryl methyl sites for hydroxylation is 2. The fraction of sp³-hybridized carbons (Fsp3) is 0.294. The minimum atomic E-state index is -0.403. The average molecular weight is 290 g/mol. The molecule has 0 saturated heterocycles. The van der Waals surface area contributed by atoms with E-state index in [0.29, 0.717) is 0 Å². The van der Waals surface area contributed by atoms with E-state index in [4.69, 9.17) is 17.3 Å². The third-order valence-corrected chi connectivity index (χ3v) is 4.28. The van der Waals surface area contributed by atoms with E-state index in [9.17, 15) is 4.39 Å². The lowest BCUT2D eigenvalue weighted by Gasteiger charge is -2.13. The minimum absolute atomic E-state index is 0.131. The van der Waals surface area contributed by atoms with Gasteiger partial charge in [-0.1, -0.05) is 35.9 Å². The Bertz CT molecular complexity index is 639. The molecular weight excluding hydrogens is 273 g/mol. The highest BCUT2D eigenvalue weighted by Gasteiger charge is 2.13. The summed E-state index contributed by atoms with van der Waals surface area (Å²) in [7, 11) is 0. The Morgan fingerprint density at radius 3 is 2.70 bits per heavy atom. The number of fused-ring (bicyclic) bond motifs is 1. The Labute approximate surface area is 123 Å². The van der Waals surface area contributed by atoms with Gasteiger partial charge in [-0.15, -0.1) is 0 Å². The maximum Gasteiger partial charge on any atom is 0.141 e. The van der Waals surface area contributed by atoms with Crippen LogP contribution in [0.1, 0.15) is 34.7 Å². The van der Waals surface area contributed by atoms with Gasteiger partial charge < -0.3 is 5.73 Å². The van der Waals surface area contributed by atoms with Crippen molar-refractivity contribution < 1.29 is 4.39 Å². The Kier molecular flexibility index (Phi) is 3.77. The second kappa shape index (κ2) is 5.55. The van der Waals surface area contributed by atoms with E-state index < -0.39 is 5.82 Å². The predicted octanol–water partition coefficient (Wildman–Crippen LogP) is 4.21. The highest BCUT2D eigenvalue weighted by molar-refractivity contribution is 6.30. The van der Waals surface area contributed by atoms with Crippen LogP contribution in [0.2, 0.25) is 5.02 Å². The maximum absolute atomic E-state index is 13.2. The van der Waals surface area contributed by atoms with Crippen LogP contribution in [0.4, 0.5) is 4.39 Å². The van der Waals surface area contributed by atoms with Crippen molar-refractivity contribution in [1.82, 2.24) is 0 Å². The van der Waals surface area contributed by atoms with Crippen molar-refractivity contribution in [2.75, 3.05) is 0 Å². The fourth-order valence-corrected chi connectivity index (χ4v) is 3.06. The molecule has 0 radical (unpaired) electrons. The van der Waals surface area contributed by atoms with Crippen molar-refractivity contribution in [3.63, 3.8) is 0 Å². The van der Waals surface area contributed by atoms with E-state index in [0.717, 1.165) is 12.0 Å². The van der Waals surface area contributed by atoms with Crippen molar-refractivity contribution >= 4 is 11.6 Å². The normalized spacial score (nSPS) is 15.2. The molecule has 1 aliphatic carbocycles. The lowest BCUT2D eigenvalue weighted by molar-refractivity contribution is 0.625. The SMILES string of the molecule is NC(Cc1ccc2c(c1)CCC2)c1ccc(F)c(Cl)c1. The molecule has 104 valence electrons. The number of hydrogen-bond acceptors (Lipinski definition) is 1. The highest BCUT2D eigenvalue weighted by Crippen LogP contribution is 2.26. The van der Waals surface area contributed by atoms with Gasteiger partial charge in [0.2, 0.25) is 0 Å². The summed E-state index contributed by atoms with van der Waals surface area (Å²) >= 11 is 5.81. The Balaban J connectivity index is 1.78. The van der Waals surface area contributed by atoms with E-state index in [2.05, 4.69) is 18.2 Å². The molecule has 0 heterocycles. The molecule has 0 amide bonds. The van der Waals surface area contributed by atoms with Gasteiger partial charge >= 0.3 is 0 Å². The minimum Gasteiger partial charge on any atom is -0.324 e. The molecule has 0 fully saturated rings.